The summed E-state index contributed by atoms with van der Waals surface area (Å²) in [5, 5.41) is 10.5. The molecule has 0 atom stereocenters. The van der Waals surface area contributed by atoms with Crippen molar-refractivity contribution in [1.82, 2.24) is 4.31 Å². The van der Waals surface area contributed by atoms with Crippen LogP contribution < -0.4 is 0 Å². The normalized spacial score (nSPS) is 15.7. The minimum atomic E-state index is -3.77. The predicted molar refractivity (Wildman–Crippen MR) is 74.6 cm³/mol. The quantitative estimate of drug-likeness (QED) is 0.734. The molecule has 0 saturated heterocycles. The van der Waals surface area contributed by atoms with Crippen molar-refractivity contribution in [3.63, 3.8) is 0 Å². The topological polar surface area (TPSA) is 83.9 Å². The van der Waals surface area contributed by atoms with Crippen molar-refractivity contribution in [1.29, 1.82) is 0 Å². The van der Waals surface area contributed by atoms with Crippen LogP contribution in [0.15, 0.2) is 16.3 Å². The number of likely N-dealkylation sites (N-methyl/N-ethyl adjacent to an activating group) is 1. The molecule has 2 rings (SSSR count). The molecular formula is C12H17NO5S2. The summed E-state index contributed by atoms with van der Waals surface area (Å²) < 4.78 is 31.1. The maximum atomic E-state index is 12.3. The molecule has 1 aromatic rings. The van der Waals surface area contributed by atoms with Crippen molar-refractivity contribution in [2.45, 2.75) is 17.7 Å². The van der Waals surface area contributed by atoms with E-state index in [1.54, 1.807) is 0 Å². The zero-order valence-corrected chi connectivity index (χ0v) is 12.7. The Balaban J connectivity index is 1.96. The van der Waals surface area contributed by atoms with E-state index in [1.165, 1.54) is 31.3 Å². The molecule has 1 aliphatic carbocycles. The van der Waals surface area contributed by atoms with E-state index in [2.05, 4.69) is 0 Å². The Labute approximate surface area is 122 Å². The average molecular weight is 319 g/mol. The number of ether oxygens (including phenoxy) is 1. The number of carboxylic acids is 1. The number of carbonyl (C=O) groups is 1. The molecule has 1 N–H and O–H groups in total. The highest BCUT2D eigenvalue weighted by atomic mass is 32.2. The Hall–Kier alpha value is -0.960. The van der Waals surface area contributed by atoms with Crippen LogP contribution in [0.2, 0.25) is 0 Å². The molecule has 0 radical (unpaired) electrons. The molecule has 20 heavy (non-hydrogen) atoms. The molecule has 1 heterocycles. The highest BCUT2D eigenvalue weighted by Gasteiger charge is 2.28. The number of thiophene rings is 1. The molecule has 0 aromatic carbocycles. The van der Waals surface area contributed by atoms with Gasteiger partial charge in [-0.05, 0) is 30.2 Å². The summed E-state index contributed by atoms with van der Waals surface area (Å²) in [6.45, 7) is 1.20. The van der Waals surface area contributed by atoms with E-state index in [1.807, 2.05) is 0 Å². The second-order valence-electron chi connectivity index (χ2n) is 4.76. The van der Waals surface area contributed by atoms with Crippen molar-refractivity contribution >= 4 is 27.3 Å². The van der Waals surface area contributed by atoms with Crippen molar-refractivity contribution in [2.75, 3.05) is 26.8 Å². The molecule has 0 spiro atoms. The molecule has 6 nitrogen and oxygen atoms in total. The van der Waals surface area contributed by atoms with Crippen LogP contribution in [-0.4, -0.2) is 50.6 Å². The van der Waals surface area contributed by atoms with Gasteiger partial charge in [0.05, 0.1) is 6.61 Å². The van der Waals surface area contributed by atoms with Gasteiger partial charge in [-0.25, -0.2) is 13.2 Å². The first kappa shape index (κ1) is 15.4. The van der Waals surface area contributed by atoms with Crippen LogP contribution in [0.25, 0.3) is 0 Å². The minimum Gasteiger partial charge on any atom is -0.477 e. The van der Waals surface area contributed by atoms with Crippen LogP contribution in [0.5, 0.6) is 0 Å². The summed E-state index contributed by atoms with van der Waals surface area (Å²) in [5.41, 5.74) is 0. The molecule has 0 unspecified atom stereocenters. The maximum absolute atomic E-state index is 12.3. The molecule has 8 heteroatoms. The number of carboxylic acid groups (broad SMARTS) is 1. The first-order valence-electron chi connectivity index (χ1n) is 6.28. The van der Waals surface area contributed by atoms with Gasteiger partial charge in [-0.15, -0.1) is 11.3 Å². The Morgan fingerprint density at radius 3 is 2.85 bits per heavy atom. The SMILES string of the molecule is CN(CCOCC1CC1)S(=O)(=O)c1ccsc1C(=O)O. The molecule has 112 valence electrons. The molecule has 0 bridgehead atoms. The molecule has 0 aliphatic heterocycles. The Morgan fingerprint density at radius 2 is 2.25 bits per heavy atom. The van der Waals surface area contributed by atoms with Gasteiger partial charge < -0.3 is 9.84 Å². The van der Waals surface area contributed by atoms with Crippen molar-refractivity contribution < 1.29 is 23.1 Å². The largest absolute Gasteiger partial charge is 0.477 e. The van der Waals surface area contributed by atoms with E-state index in [0.717, 1.165) is 15.6 Å². The lowest BCUT2D eigenvalue weighted by atomic mass is 10.5. The smallest absolute Gasteiger partial charge is 0.347 e. The van der Waals surface area contributed by atoms with E-state index in [-0.39, 0.29) is 16.3 Å². The zero-order valence-electron chi connectivity index (χ0n) is 11.1. The fourth-order valence-electron chi connectivity index (χ4n) is 1.67. The molecular weight excluding hydrogens is 302 g/mol. The molecule has 1 aromatic heterocycles. The lowest BCUT2D eigenvalue weighted by molar-refractivity contribution is 0.0698. The third kappa shape index (κ3) is 3.57. The summed E-state index contributed by atoms with van der Waals surface area (Å²) >= 11 is 0.906. The summed E-state index contributed by atoms with van der Waals surface area (Å²) in [6, 6.07) is 1.32. The van der Waals surface area contributed by atoms with Crippen LogP contribution >= 0.6 is 11.3 Å². The highest BCUT2D eigenvalue weighted by Crippen LogP contribution is 2.28. The molecule has 1 saturated carbocycles. The number of rotatable bonds is 8. The predicted octanol–water partition coefficient (Wildman–Crippen LogP) is 1.49. The number of hydrogen-bond donors (Lipinski definition) is 1. The van der Waals surface area contributed by atoms with Crippen LogP contribution in [-0.2, 0) is 14.8 Å². The van der Waals surface area contributed by atoms with Gasteiger partial charge in [0.25, 0.3) is 0 Å². The van der Waals surface area contributed by atoms with Gasteiger partial charge in [0.1, 0.15) is 9.77 Å². The Bertz CT molecular complexity index is 576. The van der Waals surface area contributed by atoms with Crippen molar-refractivity contribution in [3.05, 3.63) is 16.3 Å². The van der Waals surface area contributed by atoms with Gasteiger partial charge in [-0.1, -0.05) is 0 Å². The number of nitrogens with zero attached hydrogens (tertiary/aromatic N) is 1. The monoisotopic (exact) mass is 319 g/mol. The Morgan fingerprint density at radius 1 is 1.55 bits per heavy atom. The van der Waals surface area contributed by atoms with E-state index < -0.39 is 16.0 Å². The Kier molecular flexibility index (Phi) is 4.79. The summed E-state index contributed by atoms with van der Waals surface area (Å²) in [6.07, 6.45) is 2.37. The van der Waals surface area contributed by atoms with E-state index in [4.69, 9.17) is 9.84 Å². The fraction of sp³-hybridized carbons (Fsp3) is 0.583. The van der Waals surface area contributed by atoms with Gasteiger partial charge >= 0.3 is 5.97 Å². The lowest BCUT2D eigenvalue weighted by Gasteiger charge is -2.16. The van der Waals surface area contributed by atoms with E-state index in [0.29, 0.717) is 19.1 Å². The first-order chi connectivity index (χ1) is 9.43. The van der Waals surface area contributed by atoms with Gasteiger partial charge in [0.15, 0.2) is 0 Å². The lowest BCUT2D eigenvalue weighted by Crippen LogP contribution is -2.31. The van der Waals surface area contributed by atoms with Gasteiger partial charge in [0.2, 0.25) is 10.0 Å². The van der Waals surface area contributed by atoms with Crippen molar-refractivity contribution in [2.24, 2.45) is 5.92 Å². The van der Waals surface area contributed by atoms with Gasteiger partial charge in [0, 0.05) is 20.2 Å². The van der Waals surface area contributed by atoms with E-state index in [9.17, 15) is 13.2 Å². The maximum Gasteiger partial charge on any atom is 0.347 e. The van der Waals surface area contributed by atoms with Crippen molar-refractivity contribution in [3.8, 4) is 0 Å². The number of sulfonamides is 1. The number of hydrogen-bond acceptors (Lipinski definition) is 5. The first-order valence-corrected chi connectivity index (χ1v) is 8.59. The minimum absolute atomic E-state index is 0.153. The zero-order chi connectivity index (χ0) is 14.8. The molecule has 1 fully saturated rings. The van der Waals surface area contributed by atoms with Crippen LogP contribution in [0, 0.1) is 5.92 Å². The second kappa shape index (κ2) is 6.21. The second-order valence-corrected chi connectivity index (χ2v) is 7.69. The molecule has 1 aliphatic rings. The van der Waals surface area contributed by atoms with E-state index >= 15 is 0 Å². The summed E-state index contributed by atoms with van der Waals surface area (Å²) in [4.78, 5) is 10.7. The molecule has 0 amide bonds. The van der Waals surface area contributed by atoms with Crippen LogP contribution in [0.1, 0.15) is 22.5 Å². The van der Waals surface area contributed by atoms with Gasteiger partial charge in [-0.3, -0.25) is 0 Å². The summed E-state index contributed by atoms with van der Waals surface area (Å²) in [7, 11) is -2.34. The third-order valence-corrected chi connectivity index (χ3v) is 6.04. The van der Waals surface area contributed by atoms with Gasteiger partial charge in [-0.2, -0.15) is 4.31 Å². The van der Waals surface area contributed by atoms with Crippen LogP contribution in [0.3, 0.4) is 0 Å². The number of aromatic carboxylic acids is 1. The average Bonchev–Trinajstić information content (AvgIpc) is 3.06. The summed E-state index contributed by atoms with van der Waals surface area (Å²) in [5.74, 6) is -0.593. The fourth-order valence-corrected chi connectivity index (χ4v) is 4.06. The highest BCUT2D eigenvalue weighted by molar-refractivity contribution is 7.89. The van der Waals surface area contributed by atoms with Crippen LogP contribution in [0.4, 0.5) is 0 Å². The third-order valence-electron chi connectivity index (χ3n) is 3.11. The standard InChI is InChI=1S/C12H17NO5S2/c1-13(5-6-18-8-9-2-3-9)20(16,17)10-4-7-19-11(10)12(14)15/h4,7,9H,2-3,5-6,8H2,1H3,(H,14,15).